The van der Waals surface area contributed by atoms with Gasteiger partial charge in [0.05, 0.1) is 16.6 Å². The topological polar surface area (TPSA) is 25.8 Å². The summed E-state index contributed by atoms with van der Waals surface area (Å²) in [5, 5.41) is 1.02. The second-order valence-electron chi connectivity index (χ2n) is 16.9. The SMILES string of the molecule is c1ccc(-c2ccc(-c3nc(-c4cccc(-c5cc(-c6ccccc6)cc(-c6cccc(C7(c8ccccc8)c8ccccc8-c8ccccc87)c6)c5)c4)c4ccccc4n3)cc2)cc1. The van der Waals surface area contributed by atoms with E-state index in [1.807, 2.05) is 6.07 Å². The lowest BCUT2D eigenvalue weighted by atomic mass is 9.67. The van der Waals surface area contributed by atoms with Crippen molar-refractivity contribution in [1.29, 1.82) is 0 Å². The van der Waals surface area contributed by atoms with E-state index in [-0.39, 0.29) is 0 Å². The Balaban J connectivity index is 0.998. The van der Waals surface area contributed by atoms with Crippen LogP contribution in [0.3, 0.4) is 0 Å². The van der Waals surface area contributed by atoms with E-state index in [0.717, 1.165) is 55.5 Å². The summed E-state index contributed by atoms with van der Waals surface area (Å²) in [5.41, 5.74) is 20.3. The van der Waals surface area contributed by atoms with Crippen molar-refractivity contribution in [2.45, 2.75) is 5.41 Å². The lowest BCUT2D eigenvalue weighted by Gasteiger charge is -2.34. The van der Waals surface area contributed by atoms with Crippen molar-refractivity contribution in [2.75, 3.05) is 0 Å². The summed E-state index contributed by atoms with van der Waals surface area (Å²) in [4.78, 5) is 10.4. The van der Waals surface area contributed by atoms with Crippen LogP contribution in [0.2, 0.25) is 0 Å². The minimum Gasteiger partial charge on any atom is -0.228 e. The molecule has 11 aromatic rings. The second kappa shape index (κ2) is 16.0. The van der Waals surface area contributed by atoms with Crippen LogP contribution in [0.15, 0.2) is 255 Å². The Morgan fingerprint density at radius 1 is 0.262 bits per heavy atom. The fraction of sp³-hybridized carbons (Fsp3) is 0.0159. The van der Waals surface area contributed by atoms with Crippen LogP contribution >= 0.6 is 0 Å². The quantitative estimate of drug-likeness (QED) is 0.152. The predicted octanol–water partition coefficient (Wildman–Crippen LogP) is 16.0. The Morgan fingerprint density at radius 2 is 0.692 bits per heavy atom. The van der Waals surface area contributed by atoms with Crippen molar-refractivity contribution in [1.82, 2.24) is 9.97 Å². The van der Waals surface area contributed by atoms with Crippen molar-refractivity contribution in [3.63, 3.8) is 0 Å². The number of benzene rings is 10. The molecule has 1 heterocycles. The highest BCUT2D eigenvalue weighted by atomic mass is 14.9. The average molecular weight is 827 g/mol. The van der Waals surface area contributed by atoms with Crippen LogP contribution in [0.4, 0.5) is 0 Å². The molecule has 1 aliphatic rings. The van der Waals surface area contributed by atoms with E-state index in [4.69, 9.17) is 9.97 Å². The summed E-state index contributed by atoms with van der Waals surface area (Å²) in [6.45, 7) is 0. The van der Waals surface area contributed by atoms with Crippen molar-refractivity contribution < 1.29 is 0 Å². The first-order chi connectivity index (χ1) is 32.2. The molecular weight excluding hydrogens is 785 g/mol. The van der Waals surface area contributed by atoms with Gasteiger partial charge in [0.1, 0.15) is 0 Å². The highest BCUT2D eigenvalue weighted by Crippen LogP contribution is 2.56. The molecule has 0 spiro atoms. The van der Waals surface area contributed by atoms with Gasteiger partial charge in [0, 0.05) is 16.5 Å². The third-order valence-corrected chi connectivity index (χ3v) is 13.2. The monoisotopic (exact) mass is 826 g/mol. The molecule has 10 aromatic carbocycles. The van der Waals surface area contributed by atoms with Gasteiger partial charge >= 0.3 is 0 Å². The fourth-order valence-electron chi connectivity index (χ4n) is 10.1. The van der Waals surface area contributed by atoms with Crippen molar-refractivity contribution in [2.24, 2.45) is 0 Å². The van der Waals surface area contributed by atoms with Gasteiger partial charge in [0.2, 0.25) is 0 Å². The maximum atomic E-state index is 5.31. The molecular formula is C63H42N2. The molecule has 0 atom stereocenters. The standard InChI is InChI=1S/C63H42N2/c1-4-18-43(19-5-1)45-34-36-46(37-35-45)62-64-60-33-15-12-30-57(60)61(65-62)49-24-16-22-47(38-49)51-39-50(44-20-6-2-7-21-44)40-52(41-51)48-23-17-27-54(42-48)63(53-25-8-3-9-26-53)58-31-13-10-28-55(58)56-29-11-14-32-59(56)63/h1-42H. The van der Waals surface area contributed by atoms with Gasteiger partial charge in [-0.3, -0.25) is 0 Å². The molecule has 2 nitrogen and oxygen atoms in total. The van der Waals surface area contributed by atoms with Gasteiger partial charge in [-0.15, -0.1) is 0 Å². The molecule has 0 saturated carbocycles. The molecule has 304 valence electrons. The Bertz CT molecular complexity index is 3480. The molecule has 65 heavy (non-hydrogen) atoms. The molecule has 0 unspecified atom stereocenters. The van der Waals surface area contributed by atoms with Crippen LogP contribution in [0.25, 0.3) is 89.2 Å². The highest BCUT2D eigenvalue weighted by molar-refractivity contribution is 5.95. The van der Waals surface area contributed by atoms with Gasteiger partial charge in [0.15, 0.2) is 5.82 Å². The lowest BCUT2D eigenvalue weighted by Crippen LogP contribution is -2.28. The molecule has 0 aliphatic heterocycles. The molecule has 2 heteroatoms. The number of rotatable bonds is 8. The molecule has 0 radical (unpaired) electrons. The van der Waals surface area contributed by atoms with Crippen molar-refractivity contribution in [3.05, 3.63) is 277 Å². The summed E-state index contributed by atoms with van der Waals surface area (Å²) in [5.74, 6) is 0.706. The smallest absolute Gasteiger partial charge is 0.160 e. The Hall–Kier alpha value is -8.46. The van der Waals surface area contributed by atoms with E-state index < -0.39 is 5.41 Å². The first-order valence-corrected chi connectivity index (χ1v) is 22.3. The molecule has 0 fully saturated rings. The molecule has 0 amide bonds. The average Bonchev–Trinajstić information content (AvgIpc) is 3.70. The maximum Gasteiger partial charge on any atom is 0.160 e. The molecule has 12 rings (SSSR count). The highest BCUT2D eigenvalue weighted by Gasteiger charge is 2.45. The summed E-state index contributed by atoms with van der Waals surface area (Å²) >= 11 is 0. The van der Waals surface area contributed by atoms with Gasteiger partial charge in [0.25, 0.3) is 0 Å². The van der Waals surface area contributed by atoms with Crippen LogP contribution in [0.1, 0.15) is 22.3 Å². The van der Waals surface area contributed by atoms with Crippen molar-refractivity contribution in [3.8, 4) is 78.3 Å². The van der Waals surface area contributed by atoms with Gasteiger partial charge in [-0.05, 0) is 114 Å². The third kappa shape index (κ3) is 6.67. The normalized spacial score (nSPS) is 12.4. The zero-order valence-corrected chi connectivity index (χ0v) is 35.6. The second-order valence-corrected chi connectivity index (χ2v) is 16.9. The van der Waals surface area contributed by atoms with E-state index in [2.05, 4.69) is 249 Å². The van der Waals surface area contributed by atoms with Gasteiger partial charge < -0.3 is 0 Å². The van der Waals surface area contributed by atoms with E-state index in [0.29, 0.717) is 5.82 Å². The third-order valence-electron chi connectivity index (χ3n) is 13.2. The number of aromatic nitrogens is 2. The fourth-order valence-corrected chi connectivity index (χ4v) is 10.1. The van der Waals surface area contributed by atoms with E-state index in [1.54, 1.807) is 0 Å². The summed E-state index contributed by atoms with van der Waals surface area (Å²) < 4.78 is 0. The zero-order valence-electron chi connectivity index (χ0n) is 35.6. The summed E-state index contributed by atoms with van der Waals surface area (Å²) in [6.07, 6.45) is 0. The largest absolute Gasteiger partial charge is 0.228 e. The predicted molar refractivity (Wildman–Crippen MR) is 269 cm³/mol. The van der Waals surface area contributed by atoms with Crippen LogP contribution in [0.5, 0.6) is 0 Å². The van der Waals surface area contributed by atoms with E-state index in [9.17, 15) is 0 Å². The first kappa shape index (κ1) is 38.2. The number of fused-ring (bicyclic) bond motifs is 4. The molecule has 0 bridgehead atoms. The van der Waals surface area contributed by atoms with Crippen molar-refractivity contribution >= 4 is 10.9 Å². The Morgan fingerprint density at radius 3 is 1.35 bits per heavy atom. The van der Waals surface area contributed by atoms with Gasteiger partial charge in [-0.25, -0.2) is 9.97 Å². The lowest BCUT2D eigenvalue weighted by molar-refractivity contribution is 0.769. The van der Waals surface area contributed by atoms with Crippen LogP contribution in [-0.2, 0) is 5.41 Å². The minimum atomic E-state index is -0.484. The Kier molecular flexibility index (Phi) is 9.43. The van der Waals surface area contributed by atoms with Crippen LogP contribution in [-0.4, -0.2) is 9.97 Å². The summed E-state index contributed by atoms with van der Waals surface area (Å²) in [7, 11) is 0. The maximum absolute atomic E-state index is 5.31. The van der Waals surface area contributed by atoms with E-state index in [1.165, 1.54) is 50.1 Å². The van der Waals surface area contributed by atoms with Crippen LogP contribution < -0.4 is 0 Å². The Labute approximate surface area is 379 Å². The van der Waals surface area contributed by atoms with Gasteiger partial charge in [-0.2, -0.15) is 0 Å². The number of para-hydroxylation sites is 1. The molecule has 0 saturated heterocycles. The number of hydrogen-bond acceptors (Lipinski definition) is 2. The first-order valence-electron chi connectivity index (χ1n) is 22.3. The van der Waals surface area contributed by atoms with Crippen LogP contribution in [0, 0.1) is 0 Å². The minimum absolute atomic E-state index is 0.484. The number of hydrogen-bond donors (Lipinski definition) is 0. The van der Waals surface area contributed by atoms with E-state index >= 15 is 0 Å². The molecule has 1 aliphatic carbocycles. The number of nitrogens with zero attached hydrogens (tertiary/aromatic N) is 2. The molecule has 0 N–H and O–H groups in total. The molecule has 1 aromatic heterocycles. The zero-order chi connectivity index (χ0) is 43.2. The van der Waals surface area contributed by atoms with Gasteiger partial charge in [-0.1, -0.05) is 218 Å². The summed E-state index contributed by atoms with van der Waals surface area (Å²) in [6, 6.07) is 92.1.